The van der Waals surface area contributed by atoms with E-state index >= 15 is 0 Å². The summed E-state index contributed by atoms with van der Waals surface area (Å²) < 4.78 is 26.9. The first-order valence-corrected chi connectivity index (χ1v) is 6.39. The smallest absolute Gasteiger partial charge is 0.224 e. The molecule has 0 spiro atoms. The Morgan fingerprint density at radius 2 is 2.00 bits per heavy atom. The Bertz CT molecular complexity index is 602. The van der Waals surface area contributed by atoms with Gasteiger partial charge in [0.15, 0.2) is 11.6 Å². The third-order valence-electron chi connectivity index (χ3n) is 2.70. The second kappa shape index (κ2) is 6.27. The summed E-state index contributed by atoms with van der Waals surface area (Å²) in [5, 5.41) is 5.80. The summed E-state index contributed by atoms with van der Waals surface area (Å²) in [7, 11) is 0. The van der Waals surface area contributed by atoms with E-state index in [4.69, 9.17) is 0 Å². The van der Waals surface area contributed by atoms with Gasteiger partial charge in [-0.05, 0) is 37.1 Å². The van der Waals surface area contributed by atoms with Crippen molar-refractivity contribution in [2.24, 2.45) is 0 Å². The highest BCUT2D eigenvalue weighted by atomic mass is 19.1. The van der Waals surface area contributed by atoms with Gasteiger partial charge in [0.25, 0.3) is 0 Å². The van der Waals surface area contributed by atoms with Crippen molar-refractivity contribution in [2.45, 2.75) is 20.3 Å². The van der Waals surface area contributed by atoms with Gasteiger partial charge in [-0.25, -0.2) is 13.8 Å². The second-order valence-electron chi connectivity index (χ2n) is 4.41. The number of nitrogens with one attached hydrogen (secondary N) is 2. The van der Waals surface area contributed by atoms with E-state index in [9.17, 15) is 8.78 Å². The lowest BCUT2D eigenvalue weighted by atomic mass is 10.2. The average molecular weight is 278 g/mol. The van der Waals surface area contributed by atoms with Gasteiger partial charge in [0.2, 0.25) is 5.95 Å². The van der Waals surface area contributed by atoms with Crippen LogP contribution in [0.3, 0.4) is 0 Å². The van der Waals surface area contributed by atoms with Crippen LogP contribution in [0.4, 0.5) is 26.2 Å². The first-order valence-electron chi connectivity index (χ1n) is 6.39. The minimum absolute atomic E-state index is 0.0598. The fourth-order valence-corrected chi connectivity index (χ4v) is 1.64. The summed E-state index contributed by atoms with van der Waals surface area (Å²) in [6.45, 7) is 4.36. The van der Waals surface area contributed by atoms with Crippen molar-refractivity contribution in [1.29, 1.82) is 0 Å². The van der Waals surface area contributed by atoms with Crippen LogP contribution in [0.25, 0.3) is 0 Å². The number of hydrogen-bond acceptors (Lipinski definition) is 4. The molecule has 2 N–H and O–H groups in total. The van der Waals surface area contributed by atoms with Gasteiger partial charge in [0.1, 0.15) is 5.82 Å². The summed E-state index contributed by atoms with van der Waals surface area (Å²) in [5.74, 6) is -0.447. The summed E-state index contributed by atoms with van der Waals surface area (Å²) >= 11 is 0. The van der Waals surface area contributed by atoms with Crippen LogP contribution in [0.2, 0.25) is 0 Å². The van der Waals surface area contributed by atoms with Crippen molar-refractivity contribution >= 4 is 17.5 Å². The molecule has 0 radical (unpaired) electrons. The Labute approximate surface area is 116 Å². The molecule has 2 rings (SSSR count). The molecule has 0 aliphatic carbocycles. The van der Waals surface area contributed by atoms with Gasteiger partial charge in [-0.1, -0.05) is 6.92 Å². The van der Waals surface area contributed by atoms with Gasteiger partial charge in [-0.3, -0.25) is 0 Å². The Morgan fingerprint density at radius 3 is 2.70 bits per heavy atom. The van der Waals surface area contributed by atoms with E-state index in [0.29, 0.717) is 23.7 Å². The van der Waals surface area contributed by atoms with Crippen molar-refractivity contribution < 1.29 is 8.78 Å². The zero-order chi connectivity index (χ0) is 14.5. The van der Waals surface area contributed by atoms with E-state index in [-0.39, 0.29) is 11.6 Å². The predicted octanol–water partition coefficient (Wildman–Crippen LogP) is 3.63. The molecule has 2 aromatic rings. The molecule has 0 bridgehead atoms. The number of aromatic nitrogens is 2. The summed E-state index contributed by atoms with van der Waals surface area (Å²) in [6.07, 6.45) is 2.02. The first kappa shape index (κ1) is 14.2. The fourth-order valence-electron chi connectivity index (χ4n) is 1.64. The number of hydrogen-bond donors (Lipinski definition) is 2. The Hall–Kier alpha value is -2.24. The van der Waals surface area contributed by atoms with Crippen LogP contribution in [0, 0.1) is 18.6 Å². The molecule has 0 atom stereocenters. The Morgan fingerprint density at radius 1 is 1.20 bits per heavy atom. The molecule has 4 nitrogen and oxygen atoms in total. The van der Waals surface area contributed by atoms with Crippen LogP contribution in [0.1, 0.15) is 18.9 Å². The Kier molecular flexibility index (Phi) is 4.45. The number of anilines is 3. The van der Waals surface area contributed by atoms with Crippen molar-refractivity contribution in [2.75, 3.05) is 17.2 Å². The van der Waals surface area contributed by atoms with Gasteiger partial charge in [-0.2, -0.15) is 4.98 Å². The maximum absolute atomic E-state index is 13.7. The molecular formula is C14H16F2N4. The predicted molar refractivity (Wildman–Crippen MR) is 75.2 cm³/mol. The second-order valence-corrected chi connectivity index (χ2v) is 4.41. The maximum atomic E-state index is 13.7. The van der Waals surface area contributed by atoms with Gasteiger partial charge >= 0.3 is 0 Å². The Balaban J connectivity index is 2.20. The molecule has 0 aliphatic heterocycles. The molecule has 0 amide bonds. The van der Waals surface area contributed by atoms with Crippen LogP contribution >= 0.6 is 0 Å². The van der Waals surface area contributed by atoms with Crippen LogP contribution in [-0.2, 0) is 0 Å². The van der Waals surface area contributed by atoms with Crippen molar-refractivity contribution in [1.82, 2.24) is 9.97 Å². The quantitative estimate of drug-likeness (QED) is 0.877. The van der Waals surface area contributed by atoms with E-state index < -0.39 is 5.82 Å². The largest absolute Gasteiger partial charge is 0.354 e. The summed E-state index contributed by atoms with van der Waals surface area (Å²) in [6, 6.07) is 4.45. The van der Waals surface area contributed by atoms with Crippen molar-refractivity contribution in [3.63, 3.8) is 0 Å². The molecule has 0 saturated heterocycles. The SMILES string of the molecule is CCCNc1ncc(F)c(Nc2ccc(F)c(C)c2)n1. The van der Waals surface area contributed by atoms with Gasteiger partial charge < -0.3 is 10.6 Å². The van der Waals surface area contributed by atoms with Gasteiger partial charge in [0, 0.05) is 12.2 Å². The summed E-state index contributed by atoms with van der Waals surface area (Å²) in [4.78, 5) is 7.91. The molecule has 20 heavy (non-hydrogen) atoms. The zero-order valence-electron chi connectivity index (χ0n) is 11.4. The topological polar surface area (TPSA) is 49.8 Å². The highest BCUT2D eigenvalue weighted by molar-refractivity contribution is 5.58. The summed E-state index contributed by atoms with van der Waals surface area (Å²) in [5.41, 5.74) is 1.05. The normalized spacial score (nSPS) is 10.4. The van der Waals surface area contributed by atoms with Gasteiger partial charge in [-0.15, -0.1) is 0 Å². The molecule has 6 heteroatoms. The van der Waals surface area contributed by atoms with E-state index in [0.717, 1.165) is 12.6 Å². The number of halogens is 2. The van der Waals surface area contributed by atoms with Crippen LogP contribution in [-0.4, -0.2) is 16.5 Å². The average Bonchev–Trinajstić information content (AvgIpc) is 2.44. The lowest BCUT2D eigenvalue weighted by Crippen LogP contribution is -2.07. The van der Waals surface area contributed by atoms with Gasteiger partial charge in [0.05, 0.1) is 6.20 Å². The molecule has 0 fully saturated rings. The highest BCUT2D eigenvalue weighted by Crippen LogP contribution is 2.20. The van der Waals surface area contributed by atoms with E-state index in [2.05, 4.69) is 20.6 Å². The van der Waals surface area contributed by atoms with E-state index in [1.807, 2.05) is 6.92 Å². The number of nitrogens with zero attached hydrogens (tertiary/aromatic N) is 2. The molecular weight excluding hydrogens is 262 g/mol. The zero-order valence-corrected chi connectivity index (χ0v) is 11.4. The fraction of sp³-hybridized carbons (Fsp3) is 0.286. The monoisotopic (exact) mass is 278 g/mol. The third kappa shape index (κ3) is 3.40. The molecule has 0 saturated carbocycles. The van der Waals surface area contributed by atoms with Crippen LogP contribution in [0.15, 0.2) is 24.4 Å². The molecule has 0 aliphatic rings. The van der Waals surface area contributed by atoms with E-state index in [1.165, 1.54) is 12.1 Å². The number of aryl methyl sites for hydroxylation is 1. The minimum atomic E-state index is -0.561. The lowest BCUT2D eigenvalue weighted by molar-refractivity contribution is 0.617. The maximum Gasteiger partial charge on any atom is 0.224 e. The molecule has 1 aromatic carbocycles. The minimum Gasteiger partial charge on any atom is -0.354 e. The molecule has 1 aromatic heterocycles. The van der Waals surface area contributed by atoms with Crippen molar-refractivity contribution in [3.05, 3.63) is 41.6 Å². The number of rotatable bonds is 5. The number of benzene rings is 1. The highest BCUT2D eigenvalue weighted by Gasteiger charge is 2.08. The van der Waals surface area contributed by atoms with Crippen LogP contribution in [0.5, 0.6) is 0 Å². The van der Waals surface area contributed by atoms with E-state index in [1.54, 1.807) is 13.0 Å². The molecule has 106 valence electrons. The first-order chi connectivity index (χ1) is 9.60. The van der Waals surface area contributed by atoms with Crippen molar-refractivity contribution in [3.8, 4) is 0 Å². The molecule has 0 unspecified atom stereocenters. The lowest BCUT2D eigenvalue weighted by Gasteiger charge is -2.09. The molecule has 1 heterocycles. The standard InChI is InChI=1S/C14H16F2N4/c1-3-6-17-14-18-8-12(16)13(20-14)19-10-4-5-11(15)9(2)7-10/h4-5,7-8H,3,6H2,1-2H3,(H2,17,18,19,20). The third-order valence-corrected chi connectivity index (χ3v) is 2.70. The van der Waals surface area contributed by atoms with Crippen LogP contribution < -0.4 is 10.6 Å².